The van der Waals surface area contributed by atoms with E-state index in [1.54, 1.807) is 61.0 Å². The molecule has 0 atom stereocenters. The van der Waals surface area contributed by atoms with E-state index in [1.165, 1.54) is 48.2 Å². The molecule has 0 aliphatic heterocycles. The molecule has 0 spiro atoms. The molecule has 0 radical (unpaired) electrons. The van der Waals surface area contributed by atoms with Gasteiger partial charge in [0.25, 0.3) is 11.4 Å². The van der Waals surface area contributed by atoms with E-state index >= 15 is 0 Å². The summed E-state index contributed by atoms with van der Waals surface area (Å²) >= 11 is 0. The summed E-state index contributed by atoms with van der Waals surface area (Å²) in [6.07, 6.45) is -8.30. The number of hydrogen-bond donors (Lipinski definition) is 7. The molecule has 0 aliphatic carbocycles. The average Bonchev–Trinajstić information content (AvgIpc) is 3.33. The molecule has 0 aliphatic rings. The highest BCUT2D eigenvalue weighted by atomic mass is 19.4. The molecule has 2 rings (SSSR count). The Kier molecular flexibility index (Phi) is 36.8. The second kappa shape index (κ2) is 38.6. The van der Waals surface area contributed by atoms with Crippen LogP contribution < -0.4 is 38.1 Å². The zero-order chi connectivity index (χ0) is 62.6. The van der Waals surface area contributed by atoms with E-state index in [0.29, 0.717) is 26.2 Å². The molecule has 80 heavy (non-hydrogen) atoms. The van der Waals surface area contributed by atoms with Crippen molar-refractivity contribution in [2.45, 2.75) is 85.3 Å². The smallest absolute Gasteiger partial charge is 0.444 e. The number of carbonyl (C=O) groups is 8. The fourth-order valence-electron chi connectivity index (χ4n) is 4.48. The Morgan fingerprint density at radius 2 is 0.812 bits per heavy atom. The van der Waals surface area contributed by atoms with Crippen LogP contribution in [0.2, 0.25) is 0 Å². The molecule has 0 heterocycles. The number of alkyl carbamates (subject to hydrolysis) is 2. The van der Waals surface area contributed by atoms with Gasteiger partial charge in [-0.2, -0.15) is 13.2 Å². The third kappa shape index (κ3) is 40.3. The number of ether oxygens (including phenoxy) is 5. The lowest BCUT2D eigenvalue weighted by molar-refractivity contribution is -0.385. The maximum atomic E-state index is 11.8. The summed E-state index contributed by atoms with van der Waals surface area (Å²) in [5.41, 5.74) is 8.35. The standard InChI is InChI=1S/C16H21N3O7.C11H13N3O5.C10H17F3N2O3.C8H18N2O2.C3H10N2/c1-16(2,3)26-15(22)18(4)10-9-17-14(21)25-13(20)11-5-7-12(8-6-11)19(23)24;1-12-6-7-13-11(16)19-10(15)8-2-4-9(5-3-8)14(17)18;1-9(2,3)18-8(17)15(4)6-5-14-7(16)10(11,12)13;1-8(2,3)12-7(11)10(4)6-5-9;1-5-3-2-4/h5-8H,9-10H2,1-4H3,(H,17,21);2-5,12H,6-7H2,1H3,(H,13,16);5-6H2,1-4H3,(H,14,16);5-6,9H2,1-4H3;5H,2-4H2,1H3. The fourth-order valence-corrected chi connectivity index (χ4v) is 4.48. The molecule has 2 aromatic rings. The Morgan fingerprint density at radius 3 is 1.07 bits per heavy atom. The van der Waals surface area contributed by atoms with Crippen LogP contribution in [-0.2, 0) is 28.5 Å². The van der Waals surface area contributed by atoms with Gasteiger partial charge in [0.05, 0.1) is 21.0 Å². The van der Waals surface area contributed by atoms with Crippen molar-refractivity contribution in [1.82, 2.24) is 41.3 Å². The third-order valence-electron chi connectivity index (χ3n) is 8.32. The minimum Gasteiger partial charge on any atom is -0.444 e. The van der Waals surface area contributed by atoms with Crippen LogP contribution in [0.5, 0.6) is 0 Å². The number of amides is 6. The molecule has 0 saturated carbocycles. The zero-order valence-corrected chi connectivity index (χ0v) is 47.7. The van der Waals surface area contributed by atoms with Gasteiger partial charge in [0.15, 0.2) is 0 Å². The number of halogens is 3. The van der Waals surface area contributed by atoms with E-state index in [0.717, 1.165) is 42.3 Å². The summed E-state index contributed by atoms with van der Waals surface area (Å²) in [6.45, 7) is 19.0. The molecule has 0 fully saturated rings. The van der Waals surface area contributed by atoms with Gasteiger partial charge in [-0.25, -0.2) is 33.6 Å². The number of nitro groups is 2. The second-order valence-electron chi connectivity index (χ2n) is 19.1. The van der Waals surface area contributed by atoms with Gasteiger partial charge in [-0.1, -0.05) is 0 Å². The Labute approximate surface area is 462 Å². The van der Waals surface area contributed by atoms with Crippen molar-refractivity contribution in [3.05, 3.63) is 79.9 Å². The van der Waals surface area contributed by atoms with Crippen LogP contribution in [0.15, 0.2) is 48.5 Å². The average molecular weight is 1150 g/mol. The van der Waals surface area contributed by atoms with Gasteiger partial charge >= 0.3 is 54.5 Å². The van der Waals surface area contributed by atoms with Crippen molar-refractivity contribution in [3.8, 4) is 0 Å². The molecule has 0 unspecified atom stereocenters. The minimum atomic E-state index is -4.91. The van der Waals surface area contributed by atoms with Crippen LogP contribution in [-0.4, -0.2) is 197 Å². The lowest BCUT2D eigenvalue weighted by Gasteiger charge is -2.24. The van der Waals surface area contributed by atoms with E-state index in [4.69, 9.17) is 25.7 Å². The number of likely N-dealkylation sites (N-methyl/N-ethyl adjacent to an activating group) is 5. The fraction of sp³-hybridized carbons (Fsp3) is 0.583. The molecule has 2 aromatic carbocycles. The van der Waals surface area contributed by atoms with Crippen LogP contribution in [0, 0.1) is 20.2 Å². The SMILES string of the molecule is CN(CCN)C(=O)OC(C)(C)C.CN(CCNC(=O)C(F)(F)F)C(=O)OC(C)(C)C.CN(CCNC(=O)OC(=O)c1ccc([N+](=O)[O-])cc1)C(=O)OC(C)(C)C.CNCCN.CNCCNC(=O)OC(=O)c1ccc([N+](=O)[O-])cc1. The maximum absolute atomic E-state index is 11.8. The summed E-state index contributed by atoms with van der Waals surface area (Å²) in [5, 5.41) is 33.0. The van der Waals surface area contributed by atoms with Gasteiger partial charge < -0.3 is 76.4 Å². The van der Waals surface area contributed by atoms with Gasteiger partial charge in [-0.15, -0.1) is 0 Å². The van der Waals surface area contributed by atoms with Crippen LogP contribution in [0.25, 0.3) is 0 Å². The van der Waals surface area contributed by atoms with E-state index in [1.807, 2.05) is 27.8 Å². The maximum Gasteiger partial charge on any atom is 0.471 e. The normalized spacial score (nSPS) is 10.6. The number of nitro benzene ring substituents is 2. The number of benzene rings is 2. The van der Waals surface area contributed by atoms with E-state index in [9.17, 15) is 71.8 Å². The zero-order valence-electron chi connectivity index (χ0n) is 47.7. The quantitative estimate of drug-likeness (QED) is 0.0286. The summed E-state index contributed by atoms with van der Waals surface area (Å²) in [5.74, 6) is -3.84. The Morgan fingerprint density at radius 1 is 0.500 bits per heavy atom. The molecule has 29 nitrogen and oxygen atoms in total. The van der Waals surface area contributed by atoms with Crippen molar-refractivity contribution in [3.63, 3.8) is 0 Å². The van der Waals surface area contributed by atoms with E-state index < -0.39 is 75.0 Å². The Balaban J connectivity index is -0.000000987. The minimum absolute atomic E-state index is 0.00313. The van der Waals surface area contributed by atoms with Crippen molar-refractivity contribution in [2.24, 2.45) is 11.5 Å². The van der Waals surface area contributed by atoms with Crippen molar-refractivity contribution >= 4 is 59.7 Å². The molecular weight excluding hydrogens is 1070 g/mol. The Bertz CT molecular complexity index is 2260. The molecule has 32 heteroatoms. The molecule has 0 bridgehead atoms. The van der Waals surface area contributed by atoms with Gasteiger partial charge in [0, 0.05) is 111 Å². The highest BCUT2D eigenvalue weighted by molar-refractivity contribution is 5.97. The van der Waals surface area contributed by atoms with Gasteiger partial charge in [-0.3, -0.25) is 25.0 Å². The largest absolute Gasteiger partial charge is 0.471 e. The van der Waals surface area contributed by atoms with Crippen LogP contribution in [0.1, 0.15) is 83.0 Å². The van der Waals surface area contributed by atoms with Gasteiger partial charge in [0.1, 0.15) is 16.8 Å². The summed E-state index contributed by atoms with van der Waals surface area (Å²) in [4.78, 5) is 114. The van der Waals surface area contributed by atoms with Crippen LogP contribution >= 0.6 is 0 Å². The lowest BCUT2D eigenvalue weighted by Crippen LogP contribution is -2.42. The van der Waals surface area contributed by atoms with E-state index in [-0.39, 0.29) is 54.8 Å². The first-order chi connectivity index (χ1) is 36.7. The Hall–Kier alpha value is -7.97. The predicted octanol–water partition coefficient (Wildman–Crippen LogP) is 4.52. The number of nitrogens with two attached hydrogens (primary N) is 2. The highest BCUT2D eigenvalue weighted by Crippen LogP contribution is 2.16. The van der Waals surface area contributed by atoms with Gasteiger partial charge in [-0.05, 0) is 101 Å². The van der Waals surface area contributed by atoms with Gasteiger partial charge in [0.2, 0.25) is 0 Å². The number of rotatable bonds is 17. The summed E-state index contributed by atoms with van der Waals surface area (Å²) < 4.78 is 59.8. The molecule has 454 valence electrons. The number of carbonyl (C=O) groups excluding carboxylic acids is 8. The first-order valence-electron chi connectivity index (χ1n) is 24.1. The first-order valence-corrected chi connectivity index (χ1v) is 24.1. The number of nitrogens with one attached hydrogen (secondary N) is 5. The van der Waals surface area contributed by atoms with Crippen LogP contribution in [0.4, 0.5) is 48.5 Å². The third-order valence-corrected chi connectivity index (χ3v) is 8.32. The monoisotopic (exact) mass is 1150 g/mol. The summed E-state index contributed by atoms with van der Waals surface area (Å²) in [6, 6.07) is 9.40. The van der Waals surface area contributed by atoms with Crippen molar-refractivity contribution in [2.75, 3.05) is 101 Å². The molecule has 0 aromatic heterocycles. The van der Waals surface area contributed by atoms with Crippen molar-refractivity contribution < 1.29 is 85.1 Å². The predicted molar refractivity (Wildman–Crippen MR) is 285 cm³/mol. The highest BCUT2D eigenvalue weighted by Gasteiger charge is 2.38. The first kappa shape index (κ1) is 76.3. The lowest BCUT2D eigenvalue weighted by atomic mass is 10.2. The topological polar surface area (TPSA) is 391 Å². The van der Waals surface area contributed by atoms with E-state index in [2.05, 4.69) is 30.7 Å². The summed E-state index contributed by atoms with van der Waals surface area (Å²) in [7, 11) is 8.14. The molecule has 9 N–H and O–H groups in total. The number of alkyl halides is 3. The molecule has 6 amide bonds. The number of non-ortho nitro benzene ring substituents is 2. The number of hydrogen-bond acceptors (Lipinski definition) is 21. The van der Waals surface area contributed by atoms with Crippen molar-refractivity contribution in [1.29, 1.82) is 0 Å². The number of esters is 2. The molecule has 0 saturated heterocycles. The second-order valence-corrected chi connectivity index (χ2v) is 19.1. The number of nitrogens with zero attached hydrogens (tertiary/aromatic N) is 5. The van der Waals surface area contributed by atoms with Crippen LogP contribution in [0.3, 0.4) is 0 Å². The molecular formula is C48H79F3N12O17.